The average molecular weight is 402 g/mol. The number of nitrogens with two attached hydrogens (primary N) is 1. The van der Waals surface area contributed by atoms with Crippen molar-refractivity contribution in [2.75, 3.05) is 19.6 Å². The number of piperidine rings is 1. The minimum atomic E-state index is -0.497. The number of nitrogens with zero attached hydrogens (tertiary/aromatic N) is 2. The van der Waals surface area contributed by atoms with Crippen LogP contribution in [0.15, 0.2) is 42.6 Å². The van der Waals surface area contributed by atoms with Gasteiger partial charge in [-0.05, 0) is 50.2 Å². The van der Waals surface area contributed by atoms with Gasteiger partial charge in [0.25, 0.3) is 5.91 Å². The fourth-order valence-corrected chi connectivity index (χ4v) is 4.41. The topological polar surface area (TPSA) is 126 Å². The van der Waals surface area contributed by atoms with Crippen molar-refractivity contribution < 1.29 is 9.59 Å². The normalized spacial score (nSPS) is 17.4. The van der Waals surface area contributed by atoms with E-state index < -0.39 is 5.91 Å². The van der Waals surface area contributed by atoms with E-state index in [0.29, 0.717) is 34.8 Å². The van der Waals surface area contributed by atoms with Crippen LogP contribution in [-0.2, 0) is 5.41 Å². The highest BCUT2D eigenvalue weighted by atomic mass is 16.2. The monoisotopic (exact) mass is 402 g/mol. The van der Waals surface area contributed by atoms with Gasteiger partial charge in [0.15, 0.2) is 5.82 Å². The molecule has 1 spiro atoms. The molecule has 1 saturated heterocycles. The first-order valence-electron chi connectivity index (χ1n) is 10.0. The van der Waals surface area contributed by atoms with Crippen molar-refractivity contribution in [3.63, 3.8) is 0 Å². The second-order valence-electron chi connectivity index (χ2n) is 7.90. The maximum absolute atomic E-state index is 12.5. The summed E-state index contributed by atoms with van der Waals surface area (Å²) in [7, 11) is 0. The summed E-state index contributed by atoms with van der Waals surface area (Å²) in [4.78, 5) is 36.5. The van der Waals surface area contributed by atoms with Gasteiger partial charge < -0.3 is 21.4 Å². The van der Waals surface area contributed by atoms with Crippen molar-refractivity contribution >= 4 is 11.8 Å². The first-order valence-corrected chi connectivity index (χ1v) is 10.0. The molecule has 3 aromatic rings. The number of primary amides is 1. The molecule has 1 aromatic carbocycles. The number of rotatable bonds is 3. The zero-order valence-corrected chi connectivity index (χ0v) is 16.4. The van der Waals surface area contributed by atoms with E-state index in [9.17, 15) is 9.59 Å². The second kappa shape index (κ2) is 7.07. The van der Waals surface area contributed by atoms with Crippen molar-refractivity contribution in [3.05, 3.63) is 59.4 Å². The standard InChI is InChI=1S/C22H22N6O2/c23-19(29)13-2-1-3-14(10-13)20-25-7-4-16(28-20)17-11-15-18(27-17)22(12-26-21(15)30)5-8-24-9-6-22/h1-4,7,10-11,24,27H,5-6,8-9,12H2,(H2,23,29)(H,26,30). The van der Waals surface area contributed by atoms with Crippen LogP contribution in [0, 0.1) is 0 Å². The summed E-state index contributed by atoms with van der Waals surface area (Å²) < 4.78 is 0. The molecule has 2 aromatic heterocycles. The third kappa shape index (κ3) is 3.05. The SMILES string of the molecule is NC(=O)c1cccc(-c2nccc(-c3cc4c([nH]3)C3(CCNCC3)CNC4=O)n2)c1. The van der Waals surface area contributed by atoms with Gasteiger partial charge in [0.2, 0.25) is 5.91 Å². The van der Waals surface area contributed by atoms with Crippen LogP contribution in [0.3, 0.4) is 0 Å². The molecular formula is C22H22N6O2. The third-order valence-electron chi connectivity index (χ3n) is 6.08. The molecule has 152 valence electrons. The van der Waals surface area contributed by atoms with Crippen LogP contribution in [0.4, 0.5) is 0 Å². The Morgan fingerprint density at radius 2 is 1.97 bits per heavy atom. The molecule has 5 rings (SSSR count). The molecule has 30 heavy (non-hydrogen) atoms. The zero-order chi connectivity index (χ0) is 20.7. The molecule has 8 heteroatoms. The van der Waals surface area contributed by atoms with Crippen molar-refractivity contribution in [2.45, 2.75) is 18.3 Å². The summed E-state index contributed by atoms with van der Waals surface area (Å²) in [5.74, 6) is -0.0624. The Morgan fingerprint density at radius 3 is 2.77 bits per heavy atom. The largest absolute Gasteiger partial charge is 0.366 e. The summed E-state index contributed by atoms with van der Waals surface area (Å²) in [5.41, 5.74) is 9.59. The fraction of sp³-hybridized carbons (Fsp3) is 0.273. The van der Waals surface area contributed by atoms with Gasteiger partial charge in [-0.15, -0.1) is 0 Å². The Kier molecular flexibility index (Phi) is 4.36. The summed E-state index contributed by atoms with van der Waals surface area (Å²) in [5, 5.41) is 6.45. The molecule has 2 amide bonds. The van der Waals surface area contributed by atoms with E-state index in [1.54, 1.807) is 24.4 Å². The number of H-pyrrole nitrogens is 1. The highest BCUT2D eigenvalue weighted by molar-refractivity contribution is 5.98. The van der Waals surface area contributed by atoms with Crippen molar-refractivity contribution in [1.82, 2.24) is 25.6 Å². The molecule has 0 radical (unpaired) electrons. The van der Waals surface area contributed by atoms with E-state index in [4.69, 9.17) is 5.73 Å². The Labute approximate surface area is 173 Å². The number of hydrogen-bond donors (Lipinski definition) is 4. The van der Waals surface area contributed by atoms with Gasteiger partial charge in [-0.25, -0.2) is 9.97 Å². The Hall–Kier alpha value is -3.52. The Morgan fingerprint density at radius 1 is 1.13 bits per heavy atom. The van der Waals surface area contributed by atoms with Crippen LogP contribution in [-0.4, -0.2) is 46.4 Å². The van der Waals surface area contributed by atoms with Crippen LogP contribution < -0.4 is 16.4 Å². The predicted molar refractivity (Wildman–Crippen MR) is 112 cm³/mol. The molecule has 4 heterocycles. The number of nitrogens with one attached hydrogen (secondary N) is 3. The molecular weight excluding hydrogens is 380 g/mol. The third-order valence-corrected chi connectivity index (χ3v) is 6.08. The van der Waals surface area contributed by atoms with Gasteiger partial charge in [0, 0.05) is 35.0 Å². The molecule has 0 atom stereocenters. The zero-order valence-electron chi connectivity index (χ0n) is 16.4. The van der Waals surface area contributed by atoms with Gasteiger partial charge in [-0.3, -0.25) is 9.59 Å². The lowest BCUT2D eigenvalue weighted by Crippen LogP contribution is -2.51. The lowest BCUT2D eigenvalue weighted by atomic mass is 9.73. The van der Waals surface area contributed by atoms with E-state index in [0.717, 1.165) is 37.3 Å². The van der Waals surface area contributed by atoms with Crippen molar-refractivity contribution in [2.24, 2.45) is 5.73 Å². The molecule has 0 bridgehead atoms. The van der Waals surface area contributed by atoms with Gasteiger partial charge in [-0.1, -0.05) is 12.1 Å². The van der Waals surface area contributed by atoms with Crippen LogP contribution in [0.2, 0.25) is 0 Å². The predicted octanol–water partition coefficient (Wildman–Crippen LogP) is 1.60. The van der Waals surface area contributed by atoms with Crippen molar-refractivity contribution in [3.8, 4) is 22.8 Å². The van der Waals surface area contributed by atoms with E-state index in [-0.39, 0.29) is 11.3 Å². The van der Waals surface area contributed by atoms with E-state index in [1.807, 2.05) is 18.2 Å². The number of carbonyl (C=O) groups excluding carboxylic acids is 2. The van der Waals surface area contributed by atoms with Gasteiger partial charge in [0.1, 0.15) is 0 Å². The number of hydrogen-bond acceptors (Lipinski definition) is 5. The molecule has 1 fully saturated rings. The van der Waals surface area contributed by atoms with Crippen LogP contribution in [0.1, 0.15) is 39.3 Å². The lowest BCUT2D eigenvalue weighted by molar-refractivity contribution is 0.0913. The molecule has 2 aliphatic heterocycles. The fourth-order valence-electron chi connectivity index (χ4n) is 4.41. The Balaban J connectivity index is 1.55. The molecule has 0 unspecified atom stereocenters. The number of aromatic amines is 1. The summed E-state index contributed by atoms with van der Waals surface area (Å²) in [6, 6.07) is 10.6. The van der Waals surface area contributed by atoms with E-state index in [2.05, 4.69) is 25.6 Å². The average Bonchev–Trinajstić information content (AvgIpc) is 3.25. The van der Waals surface area contributed by atoms with Gasteiger partial charge in [0.05, 0.1) is 17.0 Å². The van der Waals surface area contributed by atoms with Crippen LogP contribution >= 0.6 is 0 Å². The van der Waals surface area contributed by atoms with E-state index >= 15 is 0 Å². The minimum Gasteiger partial charge on any atom is -0.366 e. The molecule has 0 aliphatic carbocycles. The highest BCUT2D eigenvalue weighted by Gasteiger charge is 2.42. The second-order valence-corrected chi connectivity index (χ2v) is 7.90. The number of aromatic nitrogens is 3. The molecule has 0 saturated carbocycles. The summed E-state index contributed by atoms with van der Waals surface area (Å²) in [6.07, 6.45) is 3.61. The quantitative estimate of drug-likeness (QED) is 0.529. The maximum Gasteiger partial charge on any atom is 0.253 e. The lowest BCUT2D eigenvalue weighted by Gasteiger charge is -2.40. The smallest absolute Gasteiger partial charge is 0.253 e. The number of carbonyl (C=O) groups is 2. The molecule has 8 nitrogen and oxygen atoms in total. The highest BCUT2D eigenvalue weighted by Crippen LogP contribution is 2.39. The molecule has 2 aliphatic rings. The molecule has 5 N–H and O–H groups in total. The van der Waals surface area contributed by atoms with Gasteiger partial charge in [-0.2, -0.15) is 0 Å². The van der Waals surface area contributed by atoms with Gasteiger partial charge >= 0.3 is 0 Å². The van der Waals surface area contributed by atoms with Crippen LogP contribution in [0.25, 0.3) is 22.8 Å². The number of benzene rings is 1. The van der Waals surface area contributed by atoms with Crippen molar-refractivity contribution in [1.29, 1.82) is 0 Å². The number of amides is 2. The summed E-state index contributed by atoms with van der Waals surface area (Å²) >= 11 is 0. The maximum atomic E-state index is 12.5. The Bertz CT molecular complexity index is 1150. The number of fused-ring (bicyclic) bond motifs is 2. The van der Waals surface area contributed by atoms with E-state index in [1.165, 1.54) is 0 Å². The minimum absolute atomic E-state index is 0.0555. The van der Waals surface area contributed by atoms with Crippen LogP contribution in [0.5, 0.6) is 0 Å². The first-order chi connectivity index (χ1) is 14.6. The first kappa shape index (κ1) is 18.5. The summed E-state index contributed by atoms with van der Waals surface area (Å²) in [6.45, 7) is 2.50.